The molecule has 0 amide bonds. The molecule has 0 radical (unpaired) electrons. The van der Waals surface area contributed by atoms with E-state index in [-0.39, 0.29) is 17.7 Å². The van der Waals surface area contributed by atoms with E-state index >= 15 is 0 Å². The summed E-state index contributed by atoms with van der Waals surface area (Å²) >= 11 is 0. The second-order valence-corrected chi connectivity index (χ2v) is 11.8. The predicted octanol–water partition coefficient (Wildman–Crippen LogP) is 5.84. The molecule has 1 aliphatic heterocycles. The number of aromatic nitrogens is 2. The van der Waals surface area contributed by atoms with E-state index in [9.17, 15) is 14.7 Å². The molecule has 4 aromatic carbocycles. The van der Waals surface area contributed by atoms with Crippen LogP contribution < -0.4 is 15.4 Å². The molecular weight excluding hydrogens is 622 g/mol. The van der Waals surface area contributed by atoms with Gasteiger partial charge in [-0.1, -0.05) is 30.3 Å². The fraction of sp³-hybridized carbons (Fsp3) is 0.289. The van der Waals surface area contributed by atoms with Gasteiger partial charge >= 0.3 is 11.9 Å². The zero-order valence-corrected chi connectivity index (χ0v) is 28.0. The molecule has 11 heteroatoms. The van der Waals surface area contributed by atoms with E-state index in [4.69, 9.17) is 24.9 Å². The molecule has 1 aliphatic rings. The summed E-state index contributed by atoms with van der Waals surface area (Å²) in [6.45, 7) is 8.97. The molecule has 3 N–H and O–H groups in total. The normalized spacial score (nSPS) is 13.4. The number of aromatic hydroxyl groups is 1. The summed E-state index contributed by atoms with van der Waals surface area (Å²) in [6, 6.07) is 24.3. The lowest BCUT2D eigenvalue weighted by molar-refractivity contribution is 0.0517. The number of esters is 2. The van der Waals surface area contributed by atoms with Crippen molar-refractivity contribution >= 4 is 34.3 Å². The van der Waals surface area contributed by atoms with Crippen LogP contribution in [0.25, 0.3) is 33.5 Å². The van der Waals surface area contributed by atoms with Gasteiger partial charge in [-0.3, -0.25) is 4.90 Å². The van der Waals surface area contributed by atoms with Crippen LogP contribution in [0.5, 0.6) is 11.5 Å². The fourth-order valence-corrected chi connectivity index (χ4v) is 6.22. The molecule has 0 unspecified atom stereocenters. The van der Waals surface area contributed by atoms with Crippen LogP contribution in [0.3, 0.4) is 0 Å². The van der Waals surface area contributed by atoms with Crippen LogP contribution in [0, 0.1) is 0 Å². The maximum absolute atomic E-state index is 12.5. The zero-order chi connectivity index (χ0) is 34.5. The minimum absolute atomic E-state index is 0.0917. The molecule has 1 saturated heterocycles. The Balaban J connectivity index is 1.21. The lowest BCUT2D eigenvalue weighted by Gasteiger charge is -2.36. The van der Waals surface area contributed by atoms with E-state index in [1.54, 1.807) is 44.2 Å². The maximum Gasteiger partial charge on any atom is 0.338 e. The third kappa shape index (κ3) is 7.17. The molecule has 1 aromatic heterocycles. The number of fused-ring (bicyclic) bond motifs is 1. The summed E-state index contributed by atoms with van der Waals surface area (Å²) in [5.74, 6) is 0.566. The quantitative estimate of drug-likeness (QED) is 0.131. The van der Waals surface area contributed by atoms with Gasteiger partial charge < -0.3 is 34.5 Å². The van der Waals surface area contributed by atoms with Crippen molar-refractivity contribution in [3.05, 3.63) is 90.0 Å². The standard InChI is InChI=1S/C38H41N5O6/c1-4-48-37(45)28-10-13-32(30(39)22-28)42-19-16-41(17-20-42)18-21-43-33-14-11-29(38(46)49-5-2)23-31(33)40-36(43)26-8-6-25(7-9-26)27-12-15-34(44)35(24-27)47-3/h6-15,22-24,44H,4-5,16-21,39H2,1-3H3. The highest BCUT2D eigenvalue weighted by Crippen LogP contribution is 2.33. The van der Waals surface area contributed by atoms with E-state index in [0.29, 0.717) is 42.3 Å². The van der Waals surface area contributed by atoms with Gasteiger partial charge in [0, 0.05) is 44.8 Å². The van der Waals surface area contributed by atoms with Crippen LogP contribution in [0.15, 0.2) is 78.9 Å². The van der Waals surface area contributed by atoms with Crippen molar-refractivity contribution in [3.63, 3.8) is 0 Å². The number of carbonyl (C=O) groups excluding carboxylic acids is 2. The Labute approximate surface area is 285 Å². The van der Waals surface area contributed by atoms with E-state index in [0.717, 1.165) is 72.0 Å². The Kier molecular flexibility index (Phi) is 10.0. The second-order valence-electron chi connectivity index (χ2n) is 11.8. The number of rotatable bonds is 11. The average molecular weight is 664 g/mol. The van der Waals surface area contributed by atoms with E-state index in [2.05, 4.69) is 14.4 Å². The first-order valence-corrected chi connectivity index (χ1v) is 16.5. The Morgan fingerprint density at radius 3 is 2.06 bits per heavy atom. The molecule has 0 spiro atoms. The van der Waals surface area contributed by atoms with Crippen LogP contribution in [0.4, 0.5) is 11.4 Å². The van der Waals surface area contributed by atoms with Gasteiger partial charge in [0.15, 0.2) is 11.5 Å². The number of phenolic OH excluding ortho intramolecular Hbond substituents is 1. The number of nitrogens with zero attached hydrogens (tertiary/aromatic N) is 4. The van der Waals surface area contributed by atoms with Crippen molar-refractivity contribution in [2.24, 2.45) is 0 Å². The fourth-order valence-electron chi connectivity index (χ4n) is 6.22. The van der Waals surface area contributed by atoms with Gasteiger partial charge in [-0.05, 0) is 73.5 Å². The minimum Gasteiger partial charge on any atom is -0.504 e. The van der Waals surface area contributed by atoms with Crippen LogP contribution in [0.2, 0.25) is 0 Å². The number of ether oxygens (including phenoxy) is 3. The smallest absolute Gasteiger partial charge is 0.338 e. The summed E-state index contributed by atoms with van der Waals surface area (Å²) in [7, 11) is 1.53. The minimum atomic E-state index is -0.372. The third-order valence-corrected chi connectivity index (χ3v) is 8.81. The van der Waals surface area contributed by atoms with Crippen molar-refractivity contribution in [2.45, 2.75) is 20.4 Å². The SMILES string of the molecule is CCOC(=O)c1ccc(N2CCN(CCn3c(-c4ccc(-c5ccc(O)c(OC)c5)cc4)nc4cc(C(=O)OCC)ccc43)CC2)c(N)c1. The molecule has 5 aromatic rings. The second kappa shape index (κ2) is 14.7. The van der Waals surface area contributed by atoms with Crippen molar-refractivity contribution in [1.82, 2.24) is 14.5 Å². The van der Waals surface area contributed by atoms with Gasteiger partial charge in [0.25, 0.3) is 0 Å². The number of anilines is 2. The summed E-state index contributed by atoms with van der Waals surface area (Å²) in [4.78, 5) is 34.3. The number of piperazine rings is 1. The maximum atomic E-state index is 12.5. The third-order valence-electron chi connectivity index (χ3n) is 8.81. The van der Waals surface area contributed by atoms with Crippen molar-refractivity contribution in [1.29, 1.82) is 0 Å². The van der Waals surface area contributed by atoms with Gasteiger partial charge in [0.2, 0.25) is 0 Å². The first kappa shape index (κ1) is 33.4. The van der Waals surface area contributed by atoms with E-state index < -0.39 is 0 Å². The Morgan fingerprint density at radius 2 is 1.41 bits per heavy atom. The number of benzene rings is 4. The molecule has 0 saturated carbocycles. The summed E-state index contributed by atoms with van der Waals surface area (Å²) in [6.07, 6.45) is 0. The Morgan fingerprint density at radius 1 is 0.776 bits per heavy atom. The lowest BCUT2D eigenvalue weighted by Crippen LogP contribution is -2.47. The zero-order valence-electron chi connectivity index (χ0n) is 28.0. The summed E-state index contributed by atoms with van der Waals surface area (Å²) in [5.41, 5.74) is 13.2. The highest BCUT2D eigenvalue weighted by atomic mass is 16.5. The predicted molar refractivity (Wildman–Crippen MR) is 190 cm³/mol. The number of hydrogen-bond acceptors (Lipinski definition) is 10. The number of nitrogen functional groups attached to an aromatic ring is 1. The van der Waals surface area contributed by atoms with Gasteiger partial charge in [0.05, 0.1) is 53.9 Å². The van der Waals surface area contributed by atoms with Gasteiger partial charge in [-0.15, -0.1) is 0 Å². The first-order valence-electron chi connectivity index (χ1n) is 16.5. The lowest BCUT2D eigenvalue weighted by atomic mass is 10.0. The largest absolute Gasteiger partial charge is 0.504 e. The Bertz CT molecular complexity index is 1960. The molecule has 11 nitrogen and oxygen atoms in total. The summed E-state index contributed by atoms with van der Waals surface area (Å²) < 4.78 is 17.9. The molecule has 6 rings (SSSR count). The number of carbonyl (C=O) groups is 2. The molecule has 0 bridgehead atoms. The monoisotopic (exact) mass is 663 g/mol. The molecule has 0 aliphatic carbocycles. The van der Waals surface area contributed by atoms with Crippen molar-refractivity contribution < 1.29 is 28.9 Å². The highest BCUT2D eigenvalue weighted by Gasteiger charge is 2.22. The number of nitrogens with two attached hydrogens (primary N) is 1. The molecular formula is C38H41N5O6. The van der Waals surface area contributed by atoms with Gasteiger partial charge in [-0.25, -0.2) is 14.6 Å². The molecule has 1 fully saturated rings. The molecule has 49 heavy (non-hydrogen) atoms. The average Bonchev–Trinajstić information content (AvgIpc) is 3.49. The molecule has 0 atom stereocenters. The highest BCUT2D eigenvalue weighted by molar-refractivity contribution is 5.94. The molecule has 254 valence electrons. The van der Waals surface area contributed by atoms with E-state index in [1.165, 1.54) is 7.11 Å². The van der Waals surface area contributed by atoms with Crippen LogP contribution >= 0.6 is 0 Å². The van der Waals surface area contributed by atoms with Crippen LogP contribution in [0.1, 0.15) is 34.6 Å². The summed E-state index contributed by atoms with van der Waals surface area (Å²) in [5, 5.41) is 10.0. The Hall–Kier alpha value is -5.55. The molecule has 2 heterocycles. The van der Waals surface area contributed by atoms with Crippen molar-refractivity contribution in [3.8, 4) is 34.0 Å². The van der Waals surface area contributed by atoms with Gasteiger partial charge in [-0.2, -0.15) is 0 Å². The number of imidazole rings is 1. The number of phenols is 1. The van der Waals surface area contributed by atoms with Gasteiger partial charge in [0.1, 0.15) is 5.82 Å². The van der Waals surface area contributed by atoms with E-state index in [1.807, 2.05) is 48.5 Å². The van der Waals surface area contributed by atoms with Crippen molar-refractivity contribution in [2.75, 3.05) is 63.7 Å². The number of hydrogen-bond donors (Lipinski definition) is 2. The van der Waals surface area contributed by atoms with Crippen LogP contribution in [-0.4, -0.2) is 84.5 Å². The van der Waals surface area contributed by atoms with Crippen LogP contribution in [-0.2, 0) is 16.0 Å². The topological polar surface area (TPSA) is 132 Å². The number of methoxy groups -OCH3 is 1. The first-order chi connectivity index (χ1) is 23.8.